The predicted octanol–water partition coefficient (Wildman–Crippen LogP) is 4.10. The second-order valence-corrected chi connectivity index (χ2v) is 9.44. The number of nitrogens with one attached hydrogen (secondary N) is 1. The first-order valence-electron chi connectivity index (χ1n) is 9.54. The number of benzene rings is 2. The maximum Gasteiger partial charge on any atom is 0.308 e. The van der Waals surface area contributed by atoms with E-state index in [4.69, 9.17) is 4.74 Å². The average Bonchev–Trinajstić information content (AvgIpc) is 3.03. The van der Waals surface area contributed by atoms with Crippen LogP contribution in [0.25, 0.3) is 0 Å². The number of ether oxygens (including phenoxy) is 1. The van der Waals surface area contributed by atoms with Crippen molar-refractivity contribution >= 4 is 34.7 Å². The Kier molecular flexibility index (Phi) is 4.72. The van der Waals surface area contributed by atoms with Crippen molar-refractivity contribution < 1.29 is 9.53 Å². The number of anilines is 1. The number of para-hydroxylation sites is 1. The van der Waals surface area contributed by atoms with Crippen molar-refractivity contribution in [1.29, 1.82) is 0 Å². The van der Waals surface area contributed by atoms with Crippen molar-refractivity contribution in [3.05, 3.63) is 74.2 Å². The third kappa shape index (κ3) is 3.38. The largest absolute Gasteiger partial charge is 0.493 e. The molecule has 3 aromatic rings. The summed E-state index contributed by atoms with van der Waals surface area (Å²) >= 11 is 2.93. The predicted molar refractivity (Wildman–Crippen MR) is 116 cm³/mol. The highest BCUT2D eigenvalue weighted by molar-refractivity contribution is 7.99. The Morgan fingerprint density at radius 3 is 2.97 bits per heavy atom. The summed E-state index contributed by atoms with van der Waals surface area (Å²) in [5.41, 5.74) is 2.97. The first kappa shape index (κ1) is 18.5. The van der Waals surface area contributed by atoms with Crippen molar-refractivity contribution in [3.8, 4) is 5.75 Å². The molecule has 148 valence electrons. The van der Waals surface area contributed by atoms with Gasteiger partial charge in [0.15, 0.2) is 0 Å². The minimum Gasteiger partial charge on any atom is -0.493 e. The molecule has 5 nitrogen and oxygen atoms in total. The molecule has 0 fully saturated rings. The molecule has 1 aromatic heterocycles. The number of fused-ring (bicyclic) bond motifs is 5. The molecule has 0 unspecified atom stereocenters. The molecular formula is C22H20N2O3S2. The second-order valence-electron chi connectivity index (χ2n) is 7.44. The highest BCUT2D eigenvalue weighted by atomic mass is 32.2. The number of carbonyl (C=O) groups is 1. The Bertz CT molecular complexity index is 1150. The van der Waals surface area contributed by atoms with E-state index in [1.807, 2.05) is 49.4 Å². The summed E-state index contributed by atoms with van der Waals surface area (Å²) in [7, 11) is 0. The SMILES string of the molecule is Cc1cccc(NC(=O)Cn2c3c(sc2=O)[C@H]2c4ccccc4OC[C@H]2CS3)c1. The zero-order valence-electron chi connectivity index (χ0n) is 15.9. The molecule has 0 saturated heterocycles. The van der Waals surface area contributed by atoms with Gasteiger partial charge in [0.05, 0.1) is 11.6 Å². The maximum absolute atomic E-state index is 12.8. The normalized spacial score (nSPS) is 19.5. The standard InChI is InChI=1S/C22H20N2O3S2/c1-13-5-4-6-15(9-13)23-18(25)10-24-21-20(29-22(24)26)19-14(12-28-21)11-27-17-8-3-2-7-16(17)19/h2-9,14,19H,10-12H2,1H3,(H,23,25)/t14-,19+/m0/s1. The highest BCUT2D eigenvalue weighted by Gasteiger charge is 2.39. The summed E-state index contributed by atoms with van der Waals surface area (Å²) < 4.78 is 7.56. The van der Waals surface area contributed by atoms with Gasteiger partial charge in [0.25, 0.3) is 0 Å². The van der Waals surface area contributed by atoms with Gasteiger partial charge in [0.2, 0.25) is 5.91 Å². The number of hydrogen-bond acceptors (Lipinski definition) is 5. The van der Waals surface area contributed by atoms with Crippen molar-refractivity contribution in [1.82, 2.24) is 4.57 Å². The van der Waals surface area contributed by atoms with E-state index >= 15 is 0 Å². The van der Waals surface area contributed by atoms with Crippen LogP contribution in [0, 0.1) is 12.8 Å². The fourth-order valence-corrected chi connectivity index (χ4v) is 6.75. The van der Waals surface area contributed by atoms with Crippen LogP contribution in [0.3, 0.4) is 0 Å². The van der Waals surface area contributed by atoms with E-state index in [-0.39, 0.29) is 23.2 Å². The summed E-state index contributed by atoms with van der Waals surface area (Å²) in [5.74, 6) is 2.09. The molecule has 0 bridgehead atoms. The van der Waals surface area contributed by atoms with Crippen molar-refractivity contribution in [2.75, 3.05) is 17.7 Å². The van der Waals surface area contributed by atoms with E-state index in [1.54, 1.807) is 16.3 Å². The first-order valence-corrected chi connectivity index (χ1v) is 11.3. The third-order valence-corrected chi connectivity index (χ3v) is 7.87. The van der Waals surface area contributed by atoms with Crippen molar-refractivity contribution in [2.45, 2.75) is 24.4 Å². The smallest absolute Gasteiger partial charge is 0.308 e. The molecule has 2 aliphatic heterocycles. The number of thiazole rings is 1. The molecule has 2 aromatic carbocycles. The van der Waals surface area contributed by atoms with Crippen LogP contribution in [0.4, 0.5) is 5.69 Å². The number of carbonyl (C=O) groups excluding carboxylic acids is 1. The molecule has 0 spiro atoms. The Morgan fingerprint density at radius 2 is 2.10 bits per heavy atom. The number of nitrogens with zero attached hydrogens (tertiary/aromatic N) is 1. The Balaban J connectivity index is 1.45. The van der Waals surface area contributed by atoms with Crippen LogP contribution in [0.2, 0.25) is 0 Å². The minimum absolute atomic E-state index is 0.0289. The van der Waals surface area contributed by atoms with E-state index in [0.717, 1.165) is 38.2 Å². The summed E-state index contributed by atoms with van der Waals surface area (Å²) in [6, 6.07) is 15.7. The Labute approximate surface area is 176 Å². The zero-order valence-corrected chi connectivity index (χ0v) is 17.5. The van der Waals surface area contributed by atoms with E-state index in [0.29, 0.717) is 12.5 Å². The van der Waals surface area contributed by atoms with E-state index in [1.165, 1.54) is 11.3 Å². The number of hydrogen-bond donors (Lipinski definition) is 1. The van der Waals surface area contributed by atoms with Gasteiger partial charge in [-0.25, -0.2) is 0 Å². The molecular weight excluding hydrogens is 404 g/mol. The molecule has 1 N–H and O–H groups in total. The van der Waals surface area contributed by atoms with E-state index in [2.05, 4.69) is 11.4 Å². The molecule has 5 rings (SSSR count). The van der Waals surface area contributed by atoms with Gasteiger partial charge in [-0.2, -0.15) is 0 Å². The van der Waals surface area contributed by atoms with E-state index < -0.39 is 0 Å². The van der Waals surface area contributed by atoms with Crippen LogP contribution >= 0.6 is 23.1 Å². The molecule has 0 saturated carbocycles. The lowest BCUT2D eigenvalue weighted by molar-refractivity contribution is -0.116. The molecule has 7 heteroatoms. The number of thioether (sulfide) groups is 1. The number of aryl methyl sites for hydroxylation is 1. The Hall–Kier alpha value is -2.51. The van der Waals surface area contributed by atoms with Crippen LogP contribution in [0.1, 0.15) is 21.9 Å². The lowest BCUT2D eigenvalue weighted by Crippen LogP contribution is -2.31. The lowest BCUT2D eigenvalue weighted by Gasteiger charge is -2.36. The topological polar surface area (TPSA) is 60.3 Å². The monoisotopic (exact) mass is 424 g/mol. The molecule has 29 heavy (non-hydrogen) atoms. The van der Waals surface area contributed by atoms with Gasteiger partial charge in [-0.05, 0) is 30.7 Å². The third-order valence-electron chi connectivity index (χ3n) is 5.37. The second kappa shape index (κ2) is 7.39. The zero-order chi connectivity index (χ0) is 20.0. The number of rotatable bonds is 3. The summed E-state index contributed by atoms with van der Waals surface area (Å²) in [4.78, 5) is 26.4. The lowest BCUT2D eigenvalue weighted by atomic mass is 9.84. The van der Waals surface area contributed by atoms with Crippen LogP contribution in [0.5, 0.6) is 5.75 Å². The van der Waals surface area contributed by atoms with Gasteiger partial charge in [-0.15, -0.1) is 11.8 Å². The number of aromatic nitrogens is 1. The quantitative estimate of drug-likeness (QED) is 0.688. The Morgan fingerprint density at radius 1 is 1.24 bits per heavy atom. The van der Waals surface area contributed by atoms with Gasteiger partial charge < -0.3 is 10.1 Å². The molecule has 0 aliphatic carbocycles. The molecule has 3 heterocycles. The van der Waals surface area contributed by atoms with Gasteiger partial charge in [0, 0.05) is 33.7 Å². The van der Waals surface area contributed by atoms with Gasteiger partial charge in [0.1, 0.15) is 12.3 Å². The minimum atomic E-state index is -0.187. The van der Waals surface area contributed by atoms with Crippen molar-refractivity contribution in [2.24, 2.45) is 5.92 Å². The first-order chi connectivity index (χ1) is 14.1. The average molecular weight is 425 g/mol. The summed E-state index contributed by atoms with van der Waals surface area (Å²) in [6.45, 7) is 2.67. The maximum atomic E-state index is 12.8. The summed E-state index contributed by atoms with van der Waals surface area (Å²) in [5, 5.41) is 3.83. The van der Waals surface area contributed by atoms with Crippen LogP contribution in [0.15, 0.2) is 58.4 Å². The van der Waals surface area contributed by atoms with Crippen LogP contribution in [-0.2, 0) is 11.3 Å². The molecule has 2 aliphatic rings. The van der Waals surface area contributed by atoms with Gasteiger partial charge in [-0.3, -0.25) is 14.2 Å². The van der Waals surface area contributed by atoms with Crippen molar-refractivity contribution in [3.63, 3.8) is 0 Å². The molecule has 0 radical (unpaired) electrons. The number of amides is 1. The molecule has 2 atom stereocenters. The van der Waals surface area contributed by atoms with E-state index in [9.17, 15) is 9.59 Å². The fourth-order valence-electron chi connectivity index (χ4n) is 4.06. The van der Waals surface area contributed by atoms with Gasteiger partial charge in [-0.1, -0.05) is 41.7 Å². The van der Waals surface area contributed by atoms with Crippen LogP contribution in [-0.4, -0.2) is 22.8 Å². The van der Waals surface area contributed by atoms with Crippen LogP contribution < -0.4 is 14.9 Å². The highest BCUT2D eigenvalue weighted by Crippen LogP contribution is 2.50. The van der Waals surface area contributed by atoms with Gasteiger partial charge >= 0.3 is 4.87 Å². The summed E-state index contributed by atoms with van der Waals surface area (Å²) in [6.07, 6.45) is 0. The molecule has 1 amide bonds. The fraction of sp³-hybridized carbons (Fsp3) is 0.273.